The van der Waals surface area contributed by atoms with Crippen molar-refractivity contribution in [3.8, 4) is 0 Å². The normalized spacial score (nSPS) is 10.1. The van der Waals surface area contributed by atoms with E-state index in [4.69, 9.17) is 10.3 Å². The summed E-state index contributed by atoms with van der Waals surface area (Å²) in [5.41, 5.74) is 11.1. The van der Waals surface area contributed by atoms with Crippen molar-refractivity contribution in [1.82, 2.24) is 16.0 Å². The molecule has 6 nitrogen and oxygen atoms in total. The minimum absolute atomic E-state index is 0.00311. The second-order valence-electron chi connectivity index (χ2n) is 3.34. The van der Waals surface area contributed by atoms with Gasteiger partial charge in [-0.1, -0.05) is 17.3 Å². The number of benzene rings is 1. The molecule has 0 fully saturated rings. The summed E-state index contributed by atoms with van der Waals surface area (Å²) in [4.78, 5) is 11.5. The summed E-state index contributed by atoms with van der Waals surface area (Å²) in [6.07, 6.45) is 0.0899. The van der Waals surface area contributed by atoms with E-state index >= 15 is 0 Å². The first-order chi connectivity index (χ1) is 8.16. The highest BCUT2D eigenvalue weighted by Crippen LogP contribution is 2.17. The Labute approximate surface area is 102 Å². The average molecular weight is 250 g/mol. The van der Waals surface area contributed by atoms with Crippen LogP contribution in [-0.4, -0.2) is 16.2 Å². The largest absolute Gasteiger partial charge is 0.375 e. The quantitative estimate of drug-likeness (QED) is 0.522. The third-order valence-electron chi connectivity index (χ3n) is 2.11. The Balaban J connectivity index is 2.08. The van der Waals surface area contributed by atoms with E-state index in [9.17, 15) is 4.79 Å². The van der Waals surface area contributed by atoms with Gasteiger partial charge in [-0.15, -0.1) is 0 Å². The van der Waals surface area contributed by atoms with Crippen LogP contribution >= 0.6 is 12.2 Å². The van der Waals surface area contributed by atoms with Gasteiger partial charge in [-0.05, 0) is 24.4 Å². The van der Waals surface area contributed by atoms with Crippen LogP contribution < -0.4 is 16.6 Å². The lowest BCUT2D eigenvalue weighted by molar-refractivity contribution is -0.121. The van der Waals surface area contributed by atoms with Crippen LogP contribution in [0, 0.1) is 0 Å². The maximum Gasteiger partial charge on any atom is 0.244 e. The van der Waals surface area contributed by atoms with Crippen molar-refractivity contribution in [2.75, 3.05) is 0 Å². The van der Waals surface area contributed by atoms with Gasteiger partial charge >= 0.3 is 0 Å². The van der Waals surface area contributed by atoms with Crippen LogP contribution in [0.5, 0.6) is 0 Å². The summed E-state index contributed by atoms with van der Waals surface area (Å²) in [5, 5.41) is 4.66. The molecule has 1 aromatic carbocycles. The summed E-state index contributed by atoms with van der Waals surface area (Å²) >= 11 is 4.56. The number of hydrazine groups is 1. The molecule has 1 amide bonds. The maximum absolute atomic E-state index is 11.5. The molecule has 0 saturated heterocycles. The molecule has 0 bridgehead atoms. The van der Waals surface area contributed by atoms with Crippen LogP contribution in [-0.2, 0) is 11.2 Å². The first-order valence-electron chi connectivity index (χ1n) is 4.84. The lowest BCUT2D eigenvalue weighted by atomic mass is 10.2. The van der Waals surface area contributed by atoms with Crippen LogP contribution in [0.2, 0.25) is 0 Å². The molecular weight excluding hydrogens is 240 g/mol. The molecule has 0 saturated carbocycles. The number of nitrogens with one attached hydrogen (secondary N) is 2. The number of nitrogens with zero attached hydrogens (tertiary/aromatic N) is 1. The molecule has 1 aromatic heterocycles. The zero-order chi connectivity index (χ0) is 12.3. The van der Waals surface area contributed by atoms with Gasteiger partial charge in [-0.25, -0.2) is 0 Å². The Hall–Kier alpha value is -2.15. The van der Waals surface area contributed by atoms with E-state index in [1.54, 1.807) is 6.07 Å². The van der Waals surface area contributed by atoms with Crippen LogP contribution in [0.15, 0.2) is 28.8 Å². The standard InChI is InChI=1S/C10H10N4O2S/c11-10(17)13-12-9(15)5-7-6-3-1-2-4-8(6)16-14-7/h1-4H,5H2,(H,12,15)(H3,11,13,17). The minimum atomic E-state index is -0.295. The van der Waals surface area contributed by atoms with Gasteiger partial charge in [0, 0.05) is 5.39 Å². The third kappa shape index (κ3) is 2.70. The number of nitrogens with two attached hydrogens (primary N) is 1. The van der Waals surface area contributed by atoms with Gasteiger partial charge in [0.15, 0.2) is 10.7 Å². The van der Waals surface area contributed by atoms with Gasteiger partial charge in [-0.2, -0.15) is 0 Å². The fourth-order valence-corrected chi connectivity index (χ4v) is 1.44. The van der Waals surface area contributed by atoms with Crippen molar-refractivity contribution < 1.29 is 9.32 Å². The lowest BCUT2D eigenvalue weighted by Gasteiger charge is -2.04. The molecule has 0 aliphatic heterocycles. The monoisotopic (exact) mass is 250 g/mol. The Bertz CT molecular complexity index is 566. The molecule has 0 aliphatic carbocycles. The maximum atomic E-state index is 11.5. The molecule has 0 atom stereocenters. The summed E-state index contributed by atoms with van der Waals surface area (Å²) < 4.78 is 5.07. The number of hydrogen-bond donors (Lipinski definition) is 3. The van der Waals surface area contributed by atoms with Gasteiger partial charge in [-0.3, -0.25) is 15.6 Å². The number of amides is 1. The molecule has 2 aromatic rings. The predicted octanol–water partition coefficient (Wildman–Crippen LogP) is 0.235. The highest BCUT2D eigenvalue weighted by atomic mass is 32.1. The molecule has 0 spiro atoms. The third-order valence-corrected chi connectivity index (χ3v) is 2.21. The van der Waals surface area contributed by atoms with Crippen molar-refractivity contribution in [3.63, 3.8) is 0 Å². The van der Waals surface area contributed by atoms with Crippen molar-refractivity contribution >= 4 is 34.2 Å². The van der Waals surface area contributed by atoms with E-state index in [-0.39, 0.29) is 17.4 Å². The molecule has 1 heterocycles. The topological polar surface area (TPSA) is 93.2 Å². The number of carbonyl (C=O) groups excluding carboxylic acids is 1. The molecule has 17 heavy (non-hydrogen) atoms. The van der Waals surface area contributed by atoms with Crippen molar-refractivity contribution in [1.29, 1.82) is 0 Å². The first kappa shape index (κ1) is 11.3. The van der Waals surface area contributed by atoms with E-state index in [2.05, 4.69) is 28.2 Å². The van der Waals surface area contributed by atoms with Crippen molar-refractivity contribution in [2.24, 2.45) is 5.73 Å². The van der Waals surface area contributed by atoms with Crippen LogP contribution in [0.4, 0.5) is 0 Å². The Morgan fingerprint density at radius 1 is 1.41 bits per heavy atom. The number of aromatic nitrogens is 1. The van der Waals surface area contributed by atoms with Gasteiger partial charge in [0.1, 0.15) is 5.69 Å². The van der Waals surface area contributed by atoms with Crippen LogP contribution in [0.3, 0.4) is 0 Å². The number of carbonyl (C=O) groups is 1. The predicted molar refractivity (Wildman–Crippen MR) is 65.8 cm³/mol. The summed E-state index contributed by atoms with van der Waals surface area (Å²) in [6.45, 7) is 0. The van der Waals surface area contributed by atoms with E-state index < -0.39 is 0 Å². The average Bonchev–Trinajstić information content (AvgIpc) is 2.70. The first-order valence-corrected chi connectivity index (χ1v) is 5.25. The second-order valence-corrected chi connectivity index (χ2v) is 3.78. The SMILES string of the molecule is NC(=S)NNC(=O)Cc1noc2ccccc12. The highest BCUT2D eigenvalue weighted by Gasteiger charge is 2.11. The summed E-state index contributed by atoms with van der Waals surface area (Å²) in [6, 6.07) is 7.33. The zero-order valence-corrected chi connectivity index (χ0v) is 9.58. The molecule has 0 unspecified atom stereocenters. The minimum Gasteiger partial charge on any atom is -0.375 e. The van der Waals surface area contributed by atoms with Gasteiger partial charge in [0.25, 0.3) is 0 Å². The van der Waals surface area contributed by atoms with Gasteiger partial charge < -0.3 is 10.3 Å². The van der Waals surface area contributed by atoms with Crippen LogP contribution in [0.25, 0.3) is 11.0 Å². The fourth-order valence-electron chi connectivity index (χ4n) is 1.39. The summed E-state index contributed by atoms with van der Waals surface area (Å²) in [5.74, 6) is -0.295. The van der Waals surface area contributed by atoms with E-state index in [1.807, 2.05) is 18.2 Å². The molecule has 7 heteroatoms. The van der Waals surface area contributed by atoms with E-state index in [0.29, 0.717) is 11.3 Å². The number of rotatable bonds is 2. The molecular formula is C10H10N4O2S. The zero-order valence-electron chi connectivity index (χ0n) is 8.77. The number of hydrogen-bond acceptors (Lipinski definition) is 4. The van der Waals surface area contributed by atoms with E-state index in [0.717, 1.165) is 5.39 Å². The van der Waals surface area contributed by atoms with Gasteiger partial charge in [0.2, 0.25) is 5.91 Å². The smallest absolute Gasteiger partial charge is 0.244 e. The molecule has 4 N–H and O–H groups in total. The fraction of sp³-hybridized carbons (Fsp3) is 0.100. The Morgan fingerprint density at radius 2 is 2.18 bits per heavy atom. The molecule has 0 radical (unpaired) electrons. The summed E-state index contributed by atoms with van der Waals surface area (Å²) in [7, 11) is 0. The van der Waals surface area contributed by atoms with Gasteiger partial charge in [0.05, 0.1) is 6.42 Å². The number of thiocarbonyl (C=S) groups is 1. The number of para-hydroxylation sites is 1. The lowest BCUT2D eigenvalue weighted by Crippen LogP contribution is -2.44. The van der Waals surface area contributed by atoms with E-state index in [1.165, 1.54) is 0 Å². The van der Waals surface area contributed by atoms with Crippen LogP contribution in [0.1, 0.15) is 5.69 Å². The Kier molecular flexibility index (Phi) is 3.20. The van der Waals surface area contributed by atoms with Crippen molar-refractivity contribution in [2.45, 2.75) is 6.42 Å². The number of fused-ring (bicyclic) bond motifs is 1. The molecule has 88 valence electrons. The molecule has 2 rings (SSSR count). The van der Waals surface area contributed by atoms with Crippen molar-refractivity contribution in [3.05, 3.63) is 30.0 Å². The Morgan fingerprint density at radius 3 is 2.94 bits per heavy atom. The second kappa shape index (κ2) is 4.79. The molecule has 0 aliphatic rings. The highest BCUT2D eigenvalue weighted by molar-refractivity contribution is 7.80.